The van der Waals surface area contributed by atoms with Gasteiger partial charge >= 0.3 is 0 Å². The summed E-state index contributed by atoms with van der Waals surface area (Å²) in [5.74, 6) is -0.700. The van der Waals surface area contributed by atoms with Crippen molar-refractivity contribution in [3.05, 3.63) is 23.3 Å². The monoisotopic (exact) mass is 338 g/mol. The number of hydrogen-bond donors (Lipinski definition) is 0. The van der Waals surface area contributed by atoms with Crippen LogP contribution in [0.2, 0.25) is 0 Å². The van der Waals surface area contributed by atoms with Crippen LogP contribution in [0.15, 0.2) is 12.1 Å². The summed E-state index contributed by atoms with van der Waals surface area (Å²) in [6.07, 6.45) is 2.19. The van der Waals surface area contributed by atoms with Crippen LogP contribution in [0.4, 0.5) is 5.69 Å². The van der Waals surface area contributed by atoms with Crippen LogP contribution >= 0.6 is 0 Å². The molecule has 2 bridgehead atoms. The zero-order chi connectivity index (χ0) is 17.6. The number of ether oxygens (including phenoxy) is 2. The molecule has 0 aliphatic carbocycles. The van der Waals surface area contributed by atoms with Crippen LogP contribution in [-0.2, 0) is 20.7 Å². The molecule has 4 aliphatic rings. The number of imide groups is 1. The van der Waals surface area contributed by atoms with Crippen LogP contribution < -0.4 is 9.64 Å². The van der Waals surface area contributed by atoms with Gasteiger partial charge in [-0.1, -0.05) is 0 Å². The predicted octanol–water partition coefficient (Wildman–Crippen LogP) is 1.94. The summed E-state index contributed by atoms with van der Waals surface area (Å²) < 4.78 is 11.7. The first-order chi connectivity index (χ1) is 11.9. The molecule has 6 nitrogen and oxygen atoms in total. The summed E-state index contributed by atoms with van der Waals surface area (Å²) in [5, 5.41) is 9.24. The summed E-state index contributed by atoms with van der Waals surface area (Å²) >= 11 is 0. The average Bonchev–Trinajstić information content (AvgIpc) is 3.28. The number of rotatable bonds is 1. The molecule has 0 spiro atoms. The molecule has 4 aliphatic heterocycles. The van der Waals surface area contributed by atoms with E-state index < -0.39 is 23.0 Å². The number of fused-ring (bicyclic) bond motifs is 6. The highest BCUT2D eigenvalue weighted by Crippen LogP contribution is 2.61. The van der Waals surface area contributed by atoms with Gasteiger partial charge in [0.2, 0.25) is 11.8 Å². The molecule has 6 heteroatoms. The molecule has 0 aromatic heterocycles. The Morgan fingerprint density at radius 2 is 1.80 bits per heavy atom. The van der Waals surface area contributed by atoms with Crippen molar-refractivity contribution in [1.29, 1.82) is 5.26 Å². The second-order valence-electron chi connectivity index (χ2n) is 7.84. The van der Waals surface area contributed by atoms with E-state index in [0.29, 0.717) is 30.0 Å². The zero-order valence-corrected chi connectivity index (χ0v) is 14.2. The highest BCUT2D eigenvalue weighted by atomic mass is 16.5. The topological polar surface area (TPSA) is 79.6 Å². The highest BCUT2D eigenvalue weighted by molar-refractivity contribution is 6.23. The number of anilines is 1. The Hall–Kier alpha value is -2.39. The fourth-order valence-corrected chi connectivity index (χ4v) is 5.28. The lowest BCUT2D eigenvalue weighted by Gasteiger charge is -2.27. The molecule has 4 atom stereocenters. The molecule has 0 N–H and O–H groups in total. The SMILES string of the molecule is CC12CCC(C)(O1)[C@H]1C(=O)N(c3ccc(C#N)c4c3CCO4)C(=O)[C@H]12. The maximum atomic E-state index is 13.2. The van der Waals surface area contributed by atoms with Gasteiger partial charge in [0.15, 0.2) is 0 Å². The van der Waals surface area contributed by atoms with E-state index >= 15 is 0 Å². The molecule has 3 fully saturated rings. The fourth-order valence-electron chi connectivity index (χ4n) is 5.28. The van der Waals surface area contributed by atoms with Crippen LogP contribution in [0.5, 0.6) is 5.75 Å². The minimum absolute atomic E-state index is 0.181. The number of carbonyl (C=O) groups excluding carboxylic acids is 2. The van der Waals surface area contributed by atoms with Crippen molar-refractivity contribution in [2.45, 2.75) is 44.3 Å². The van der Waals surface area contributed by atoms with Gasteiger partial charge in [0.1, 0.15) is 11.8 Å². The van der Waals surface area contributed by atoms with Crippen molar-refractivity contribution in [2.75, 3.05) is 11.5 Å². The number of nitrogens with zero attached hydrogens (tertiary/aromatic N) is 2. The van der Waals surface area contributed by atoms with Gasteiger partial charge in [0.05, 0.1) is 40.9 Å². The molecule has 128 valence electrons. The van der Waals surface area contributed by atoms with E-state index in [1.54, 1.807) is 12.1 Å². The van der Waals surface area contributed by atoms with E-state index in [1.807, 2.05) is 13.8 Å². The molecule has 0 radical (unpaired) electrons. The Labute approximate surface area is 145 Å². The summed E-state index contributed by atoms with van der Waals surface area (Å²) in [4.78, 5) is 27.7. The van der Waals surface area contributed by atoms with E-state index in [1.165, 1.54) is 4.90 Å². The fraction of sp³-hybridized carbons (Fsp3) is 0.526. The number of carbonyl (C=O) groups is 2. The minimum atomic E-state index is -0.562. The first-order valence-corrected chi connectivity index (χ1v) is 8.66. The molecular formula is C19H18N2O4. The van der Waals surface area contributed by atoms with Crippen molar-refractivity contribution in [3.8, 4) is 11.8 Å². The van der Waals surface area contributed by atoms with Crippen LogP contribution in [0.25, 0.3) is 0 Å². The lowest BCUT2D eigenvalue weighted by Crippen LogP contribution is -2.40. The summed E-state index contributed by atoms with van der Waals surface area (Å²) in [6.45, 7) is 4.36. The maximum absolute atomic E-state index is 13.2. The molecule has 5 rings (SSSR count). The van der Waals surface area contributed by atoms with Crippen molar-refractivity contribution < 1.29 is 19.1 Å². The second-order valence-corrected chi connectivity index (χ2v) is 7.84. The van der Waals surface area contributed by atoms with E-state index in [9.17, 15) is 14.9 Å². The molecule has 2 unspecified atom stereocenters. The van der Waals surface area contributed by atoms with Crippen LogP contribution in [0.1, 0.15) is 37.8 Å². The summed E-state index contributed by atoms with van der Waals surface area (Å²) in [6, 6.07) is 5.44. The first-order valence-electron chi connectivity index (χ1n) is 8.66. The molecular weight excluding hydrogens is 320 g/mol. The third-order valence-corrected chi connectivity index (χ3v) is 6.40. The summed E-state index contributed by atoms with van der Waals surface area (Å²) in [5.41, 5.74) is 0.671. The average molecular weight is 338 g/mol. The lowest BCUT2D eigenvalue weighted by atomic mass is 9.69. The van der Waals surface area contributed by atoms with E-state index in [-0.39, 0.29) is 11.8 Å². The Morgan fingerprint density at radius 1 is 1.16 bits per heavy atom. The standard InChI is InChI=1S/C19H18N2O4/c1-18-6-7-19(2,25-18)14-13(18)16(22)21(17(14)23)12-4-3-10(9-20)15-11(12)5-8-24-15/h3-4,13-14H,5-8H2,1-2H3/t13-,14+,18?,19?. The molecule has 2 amide bonds. The van der Waals surface area contributed by atoms with Gasteiger partial charge < -0.3 is 9.47 Å². The number of hydrogen-bond acceptors (Lipinski definition) is 5. The number of nitriles is 1. The van der Waals surface area contributed by atoms with Gasteiger partial charge in [-0.2, -0.15) is 5.26 Å². The molecule has 4 heterocycles. The third kappa shape index (κ3) is 1.62. The molecule has 1 aromatic rings. The predicted molar refractivity (Wildman–Crippen MR) is 87.0 cm³/mol. The maximum Gasteiger partial charge on any atom is 0.240 e. The van der Waals surface area contributed by atoms with Gasteiger partial charge in [-0.05, 0) is 38.8 Å². The van der Waals surface area contributed by atoms with Gasteiger partial charge in [0.25, 0.3) is 0 Å². The quantitative estimate of drug-likeness (QED) is 0.731. The minimum Gasteiger partial charge on any atom is -0.491 e. The largest absolute Gasteiger partial charge is 0.491 e. The molecule has 25 heavy (non-hydrogen) atoms. The molecule has 0 saturated carbocycles. The second kappa shape index (κ2) is 4.41. The molecule has 3 saturated heterocycles. The highest BCUT2D eigenvalue weighted by Gasteiger charge is 2.72. The van der Waals surface area contributed by atoms with Gasteiger partial charge in [0, 0.05) is 12.0 Å². The first kappa shape index (κ1) is 14.9. The van der Waals surface area contributed by atoms with Crippen molar-refractivity contribution in [3.63, 3.8) is 0 Å². The number of benzene rings is 1. The van der Waals surface area contributed by atoms with Crippen molar-refractivity contribution >= 4 is 17.5 Å². The van der Waals surface area contributed by atoms with Gasteiger partial charge in [-0.3, -0.25) is 9.59 Å². The van der Waals surface area contributed by atoms with Crippen molar-refractivity contribution in [1.82, 2.24) is 0 Å². The van der Waals surface area contributed by atoms with Gasteiger partial charge in [-0.25, -0.2) is 4.90 Å². The van der Waals surface area contributed by atoms with E-state index in [0.717, 1.165) is 18.4 Å². The Balaban J connectivity index is 1.64. The van der Waals surface area contributed by atoms with Crippen molar-refractivity contribution in [2.24, 2.45) is 11.8 Å². The lowest BCUT2D eigenvalue weighted by molar-refractivity contribution is -0.129. The zero-order valence-electron chi connectivity index (χ0n) is 14.2. The molecule has 1 aromatic carbocycles. The Morgan fingerprint density at radius 3 is 2.40 bits per heavy atom. The summed E-state index contributed by atoms with van der Waals surface area (Å²) in [7, 11) is 0. The van der Waals surface area contributed by atoms with Crippen LogP contribution in [-0.4, -0.2) is 29.6 Å². The smallest absolute Gasteiger partial charge is 0.240 e. The third-order valence-electron chi connectivity index (χ3n) is 6.40. The van der Waals surface area contributed by atoms with E-state index in [4.69, 9.17) is 9.47 Å². The van der Waals surface area contributed by atoms with Gasteiger partial charge in [-0.15, -0.1) is 0 Å². The van der Waals surface area contributed by atoms with Crippen LogP contribution in [0, 0.1) is 23.2 Å². The Bertz CT molecular complexity index is 854. The van der Waals surface area contributed by atoms with Crippen LogP contribution in [0.3, 0.4) is 0 Å². The van der Waals surface area contributed by atoms with E-state index in [2.05, 4.69) is 6.07 Å². The Kier molecular flexibility index (Phi) is 2.63. The normalized spacial score (nSPS) is 37.9. The number of amides is 2.